The fourth-order valence-corrected chi connectivity index (χ4v) is 2.29. The number of amides is 2. The molecule has 0 bridgehead atoms. The van der Waals surface area contributed by atoms with Crippen molar-refractivity contribution in [2.75, 3.05) is 19.4 Å². The topological polar surface area (TPSA) is 66.5 Å². The van der Waals surface area contributed by atoms with Crippen molar-refractivity contribution in [3.63, 3.8) is 0 Å². The molecule has 0 unspecified atom stereocenters. The summed E-state index contributed by atoms with van der Waals surface area (Å²) in [5, 5.41) is 3.02. The third kappa shape index (κ3) is 3.96. The van der Waals surface area contributed by atoms with Crippen LogP contribution in [0.5, 0.6) is 0 Å². The zero-order valence-electron chi connectivity index (χ0n) is 13.0. The number of nitrogens with one attached hydrogen (secondary N) is 1. The van der Waals surface area contributed by atoms with Gasteiger partial charge in [-0.3, -0.25) is 14.4 Å². The van der Waals surface area contributed by atoms with Gasteiger partial charge in [0.15, 0.2) is 0 Å². The maximum absolute atomic E-state index is 12.2. The van der Waals surface area contributed by atoms with Crippen molar-refractivity contribution in [2.45, 2.75) is 4.90 Å². The van der Waals surface area contributed by atoms with Crippen molar-refractivity contribution in [1.82, 2.24) is 4.90 Å². The molecule has 0 aliphatic carbocycles. The second-order valence-corrected chi connectivity index (χ2v) is 6.06. The highest BCUT2D eigenvalue weighted by molar-refractivity contribution is 7.80. The van der Waals surface area contributed by atoms with Crippen molar-refractivity contribution in [3.05, 3.63) is 58.6 Å². The molecule has 2 aromatic rings. The van der Waals surface area contributed by atoms with Crippen molar-refractivity contribution in [1.29, 1.82) is 0 Å². The van der Waals surface area contributed by atoms with Gasteiger partial charge in [-0.15, -0.1) is 12.6 Å². The van der Waals surface area contributed by atoms with Gasteiger partial charge in [0.1, 0.15) is 0 Å². The van der Waals surface area contributed by atoms with Crippen LogP contribution in [-0.2, 0) is 4.79 Å². The maximum Gasteiger partial charge on any atom is 0.294 e. The fraction of sp³-hybridized carbons (Fsp3) is 0.118. The zero-order chi connectivity index (χ0) is 17.9. The minimum atomic E-state index is -0.627. The quantitative estimate of drug-likeness (QED) is 0.499. The van der Waals surface area contributed by atoms with Crippen LogP contribution in [0.2, 0.25) is 5.02 Å². The van der Waals surface area contributed by atoms with Gasteiger partial charge in [-0.05, 0) is 24.3 Å². The Morgan fingerprint density at radius 2 is 1.58 bits per heavy atom. The van der Waals surface area contributed by atoms with E-state index in [-0.39, 0.29) is 11.5 Å². The summed E-state index contributed by atoms with van der Waals surface area (Å²) in [6.45, 7) is 0. The van der Waals surface area contributed by atoms with Crippen molar-refractivity contribution in [2.24, 2.45) is 0 Å². The lowest BCUT2D eigenvalue weighted by Gasteiger charge is -2.10. The van der Waals surface area contributed by atoms with Gasteiger partial charge in [0.25, 0.3) is 11.8 Å². The number of ketones is 1. The Morgan fingerprint density at radius 3 is 2.17 bits per heavy atom. The van der Waals surface area contributed by atoms with Crippen LogP contribution in [0, 0.1) is 0 Å². The lowest BCUT2D eigenvalue weighted by atomic mass is 10.1. The SMILES string of the molecule is CN(C)C(=O)C(=O)c1ccc(C(=O)Nc2cccc(S)c2Cl)cc1. The van der Waals surface area contributed by atoms with Crippen LogP contribution >= 0.6 is 24.2 Å². The standard InChI is InChI=1S/C17H15ClN2O3S/c1-20(2)17(23)15(21)10-6-8-11(9-7-10)16(22)19-12-4-3-5-13(24)14(12)18/h3-9,24H,1-2H3,(H,19,22). The largest absolute Gasteiger partial charge is 0.342 e. The number of nitrogens with zero attached hydrogens (tertiary/aromatic N) is 1. The third-order valence-electron chi connectivity index (χ3n) is 3.24. The molecule has 2 aromatic carbocycles. The van der Waals surface area contributed by atoms with Gasteiger partial charge in [0.05, 0.1) is 10.7 Å². The molecular weight excluding hydrogens is 348 g/mol. The lowest BCUT2D eigenvalue weighted by Crippen LogP contribution is -2.29. The first-order valence-corrected chi connectivity index (χ1v) is 7.78. The van der Waals surface area contributed by atoms with Crippen molar-refractivity contribution in [3.8, 4) is 0 Å². The number of carbonyl (C=O) groups excluding carboxylic acids is 3. The van der Waals surface area contributed by atoms with Gasteiger partial charge in [-0.2, -0.15) is 0 Å². The van der Waals surface area contributed by atoms with E-state index in [1.165, 1.54) is 43.3 Å². The first kappa shape index (κ1) is 18.0. The molecular formula is C17H15ClN2O3S. The molecule has 0 aliphatic rings. The van der Waals surface area contributed by atoms with Crippen molar-refractivity contribution >= 4 is 47.5 Å². The molecule has 5 nitrogen and oxygen atoms in total. The molecule has 0 atom stereocenters. The average Bonchev–Trinajstić information content (AvgIpc) is 2.57. The van der Waals surface area contributed by atoms with Crippen LogP contribution in [0.4, 0.5) is 5.69 Å². The van der Waals surface area contributed by atoms with Crippen LogP contribution < -0.4 is 5.32 Å². The molecule has 0 saturated heterocycles. The number of anilines is 1. The molecule has 0 spiro atoms. The molecule has 0 saturated carbocycles. The van der Waals surface area contributed by atoms with Gasteiger partial charge in [-0.25, -0.2) is 0 Å². The summed E-state index contributed by atoms with van der Waals surface area (Å²) < 4.78 is 0. The Balaban J connectivity index is 2.16. The van der Waals surface area contributed by atoms with Gasteiger partial charge in [0, 0.05) is 30.1 Å². The first-order chi connectivity index (χ1) is 11.3. The molecule has 2 rings (SSSR count). The number of carbonyl (C=O) groups is 3. The highest BCUT2D eigenvalue weighted by atomic mass is 35.5. The molecule has 124 valence electrons. The maximum atomic E-state index is 12.2. The number of benzene rings is 2. The molecule has 24 heavy (non-hydrogen) atoms. The van der Waals surface area contributed by atoms with E-state index in [9.17, 15) is 14.4 Å². The van der Waals surface area contributed by atoms with E-state index in [0.717, 1.165) is 0 Å². The predicted octanol–water partition coefficient (Wildman–Crippen LogP) is 3.15. The molecule has 2 amide bonds. The van der Waals surface area contributed by atoms with E-state index in [2.05, 4.69) is 17.9 Å². The predicted molar refractivity (Wildman–Crippen MR) is 96.1 cm³/mol. The Hall–Kier alpha value is -2.31. The molecule has 0 aliphatic heterocycles. The minimum absolute atomic E-state index is 0.223. The first-order valence-electron chi connectivity index (χ1n) is 6.96. The molecule has 0 radical (unpaired) electrons. The summed E-state index contributed by atoms with van der Waals surface area (Å²) in [4.78, 5) is 37.6. The normalized spacial score (nSPS) is 10.2. The number of hydrogen-bond acceptors (Lipinski definition) is 4. The monoisotopic (exact) mass is 362 g/mol. The summed E-state index contributed by atoms with van der Waals surface area (Å²) in [5.74, 6) is -1.63. The number of likely N-dealkylation sites (N-methyl/N-ethyl adjacent to an activating group) is 1. The molecule has 7 heteroatoms. The number of Topliss-reactive ketones (excluding diaryl/α,β-unsaturated/α-hetero) is 1. The van der Waals surface area contributed by atoms with E-state index in [0.29, 0.717) is 21.2 Å². The zero-order valence-corrected chi connectivity index (χ0v) is 14.7. The molecule has 0 heterocycles. The number of halogens is 1. The van der Waals surface area contributed by atoms with Crippen LogP contribution in [0.25, 0.3) is 0 Å². The highest BCUT2D eigenvalue weighted by Gasteiger charge is 2.18. The molecule has 0 aromatic heterocycles. The Kier molecular flexibility index (Phi) is 5.64. The van der Waals surface area contributed by atoms with E-state index in [1.54, 1.807) is 18.2 Å². The Bertz CT molecular complexity index is 804. The number of rotatable bonds is 4. The van der Waals surface area contributed by atoms with Crippen molar-refractivity contribution < 1.29 is 14.4 Å². The number of thiol groups is 1. The molecule has 1 N–H and O–H groups in total. The number of hydrogen-bond donors (Lipinski definition) is 2. The highest BCUT2D eigenvalue weighted by Crippen LogP contribution is 2.28. The van der Waals surface area contributed by atoms with Gasteiger partial charge < -0.3 is 10.2 Å². The van der Waals surface area contributed by atoms with E-state index < -0.39 is 11.7 Å². The fourth-order valence-electron chi connectivity index (χ4n) is 1.91. The third-order valence-corrected chi connectivity index (χ3v) is 4.15. The summed E-state index contributed by atoms with van der Waals surface area (Å²) >= 11 is 10.3. The van der Waals surface area contributed by atoms with E-state index in [4.69, 9.17) is 11.6 Å². The second-order valence-electron chi connectivity index (χ2n) is 5.20. The van der Waals surface area contributed by atoms with Gasteiger partial charge in [-0.1, -0.05) is 29.8 Å². The van der Waals surface area contributed by atoms with E-state index >= 15 is 0 Å². The van der Waals surface area contributed by atoms with Crippen LogP contribution in [0.15, 0.2) is 47.4 Å². The summed E-state index contributed by atoms with van der Waals surface area (Å²) in [6, 6.07) is 10.9. The molecule has 0 fully saturated rings. The van der Waals surface area contributed by atoms with Gasteiger partial charge in [0.2, 0.25) is 5.78 Å². The van der Waals surface area contributed by atoms with Crippen LogP contribution in [-0.4, -0.2) is 36.6 Å². The Morgan fingerprint density at radius 1 is 1.00 bits per heavy atom. The van der Waals surface area contributed by atoms with Crippen LogP contribution in [0.1, 0.15) is 20.7 Å². The Labute approximate surface area is 150 Å². The minimum Gasteiger partial charge on any atom is -0.342 e. The lowest BCUT2D eigenvalue weighted by molar-refractivity contribution is -0.124. The van der Waals surface area contributed by atoms with E-state index in [1.807, 2.05) is 0 Å². The average molecular weight is 363 g/mol. The summed E-state index contributed by atoms with van der Waals surface area (Å²) in [5.41, 5.74) is 1.00. The van der Waals surface area contributed by atoms with Crippen LogP contribution in [0.3, 0.4) is 0 Å². The summed E-state index contributed by atoms with van der Waals surface area (Å²) in [6.07, 6.45) is 0. The van der Waals surface area contributed by atoms with Gasteiger partial charge >= 0.3 is 0 Å². The second kappa shape index (κ2) is 7.51. The smallest absolute Gasteiger partial charge is 0.294 e. The summed E-state index contributed by atoms with van der Waals surface area (Å²) in [7, 11) is 3.00.